The van der Waals surface area contributed by atoms with E-state index >= 15 is 0 Å². The summed E-state index contributed by atoms with van der Waals surface area (Å²) < 4.78 is 0. The Morgan fingerprint density at radius 3 is 2.41 bits per heavy atom. The largest absolute Gasteiger partial charge is 0.358 e. The smallest absolute Gasteiger partial charge is 0.254 e. The fourth-order valence-corrected chi connectivity index (χ4v) is 1.27. The van der Waals surface area contributed by atoms with Crippen molar-refractivity contribution in [3.05, 3.63) is 35.4 Å². The standard InChI is InChI=1S/C12H13N3O2/c1-14-11(16)8-15(2)12(17)10-5-3-9(7-13)4-6-10/h3-6H,8H2,1-2H3,(H,14,16). The third kappa shape index (κ3) is 3.31. The number of nitrogens with one attached hydrogen (secondary N) is 1. The van der Waals surface area contributed by atoms with E-state index in [0.717, 1.165) is 0 Å². The fourth-order valence-electron chi connectivity index (χ4n) is 1.27. The summed E-state index contributed by atoms with van der Waals surface area (Å²) >= 11 is 0. The molecule has 0 saturated heterocycles. The molecule has 1 aromatic carbocycles. The second kappa shape index (κ2) is 5.66. The number of benzene rings is 1. The molecule has 0 aliphatic rings. The quantitative estimate of drug-likeness (QED) is 0.817. The highest BCUT2D eigenvalue weighted by Crippen LogP contribution is 2.06. The van der Waals surface area contributed by atoms with Gasteiger partial charge in [0, 0.05) is 19.7 Å². The van der Waals surface area contributed by atoms with E-state index in [4.69, 9.17) is 5.26 Å². The van der Waals surface area contributed by atoms with Crippen LogP contribution in [-0.4, -0.2) is 37.4 Å². The molecule has 0 fully saturated rings. The third-order valence-corrected chi connectivity index (χ3v) is 2.27. The fraction of sp³-hybridized carbons (Fsp3) is 0.250. The molecule has 5 heteroatoms. The number of hydrogen-bond acceptors (Lipinski definition) is 3. The van der Waals surface area contributed by atoms with Gasteiger partial charge in [0.1, 0.15) is 0 Å². The average Bonchev–Trinajstić information content (AvgIpc) is 2.37. The predicted octanol–water partition coefficient (Wildman–Crippen LogP) is 0.376. The van der Waals surface area contributed by atoms with Crippen LogP contribution in [0.4, 0.5) is 0 Å². The summed E-state index contributed by atoms with van der Waals surface area (Å²) in [7, 11) is 3.07. The van der Waals surface area contributed by atoms with Gasteiger partial charge in [-0.05, 0) is 24.3 Å². The molecule has 0 bridgehead atoms. The van der Waals surface area contributed by atoms with E-state index in [0.29, 0.717) is 11.1 Å². The molecule has 2 amide bonds. The van der Waals surface area contributed by atoms with Gasteiger partial charge in [-0.15, -0.1) is 0 Å². The summed E-state index contributed by atoms with van der Waals surface area (Å²) in [5.74, 6) is -0.479. The van der Waals surface area contributed by atoms with E-state index < -0.39 is 0 Å². The number of nitrogens with zero attached hydrogens (tertiary/aromatic N) is 2. The number of hydrogen-bond donors (Lipinski definition) is 1. The molecule has 0 aliphatic carbocycles. The zero-order chi connectivity index (χ0) is 12.8. The van der Waals surface area contributed by atoms with Crippen molar-refractivity contribution in [2.45, 2.75) is 0 Å². The van der Waals surface area contributed by atoms with Crippen LogP contribution in [0.3, 0.4) is 0 Å². The van der Waals surface area contributed by atoms with Crippen molar-refractivity contribution in [2.75, 3.05) is 20.6 Å². The van der Waals surface area contributed by atoms with E-state index in [1.54, 1.807) is 31.3 Å². The zero-order valence-electron chi connectivity index (χ0n) is 9.73. The summed E-state index contributed by atoms with van der Waals surface area (Å²) in [6.07, 6.45) is 0. The van der Waals surface area contributed by atoms with Gasteiger partial charge in [0.25, 0.3) is 5.91 Å². The topological polar surface area (TPSA) is 73.2 Å². The lowest BCUT2D eigenvalue weighted by molar-refractivity contribution is -0.121. The summed E-state index contributed by atoms with van der Waals surface area (Å²) in [6.45, 7) is 0.00926. The Morgan fingerprint density at radius 2 is 1.94 bits per heavy atom. The molecule has 17 heavy (non-hydrogen) atoms. The summed E-state index contributed by atoms with van der Waals surface area (Å²) in [5.41, 5.74) is 0.950. The molecule has 0 radical (unpaired) electrons. The van der Waals surface area contributed by atoms with E-state index in [9.17, 15) is 9.59 Å². The first-order valence-electron chi connectivity index (χ1n) is 5.04. The molecule has 0 atom stereocenters. The van der Waals surface area contributed by atoms with Crippen LogP contribution in [0.5, 0.6) is 0 Å². The molecular weight excluding hydrogens is 218 g/mol. The maximum atomic E-state index is 11.9. The lowest BCUT2D eigenvalue weighted by Crippen LogP contribution is -2.36. The van der Waals surface area contributed by atoms with Crippen LogP contribution >= 0.6 is 0 Å². The van der Waals surface area contributed by atoms with Crippen LogP contribution < -0.4 is 5.32 Å². The van der Waals surface area contributed by atoms with E-state index in [-0.39, 0.29) is 18.4 Å². The molecule has 0 aliphatic heterocycles. The van der Waals surface area contributed by atoms with Crippen LogP contribution in [0.25, 0.3) is 0 Å². The number of amides is 2. The normalized spacial score (nSPS) is 9.24. The van der Waals surface area contributed by atoms with Gasteiger partial charge in [0.2, 0.25) is 5.91 Å². The molecule has 0 unspecified atom stereocenters. The van der Waals surface area contributed by atoms with Crippen molar-refractivity contribution in [3.63, 3.8) is 0 Å². The van der Waals surface area contributed by atoms with E-state index in [2.05, 4.69) is 5.32 Å². The number of nitriles is 1. The van der Waals surface area contributed by atoms with Gasteiger partial charge in [-0.1, -0.05) is 0 Å². The van der Waals surface area contributed by atoms with E-state index in [1.165, 1.54) is 11.9 Å². The minimum Gasteiger partial charge on any atom is -0.358 e. The van der Waals surface area contributed by atoms with Gasteiger partial charge in [0.15, 0.2) is 0 Å². The molecule has 1 rings (SSSR count). The Morgan fingerprint density at radius 1 is 1.35 bits per heavy atom. The molecule has 0 spiro atoms. The van der Waals surface area contributed by atoms with Crippen molar-refractivity contribution in [2.24, 2.45) is 0 Å². The third-order valence-electron chi connectivity index (χ3n) is 2.27. The van der Waals surface area contributed by atoms with Gasteiger partial charge < -0.3 is 10.2 Å². The molecular formula is C12H13N3O2. The molecule has 1 aromatic rings. The van der Waals surface area contributed by atoms with Gasteiger partial charge in [-0.3, -0.25) is 9.59 Å². The Labute approximate surface area is 99.6 Å². The minimum absolute atomic E-state index is 0.00926. The Balaban J connectivity index is 2.75. The predicted molar refractivity (Wildman–Crippen MR) is 62.2 cm³/mol. The molecule has 0 heterocycles. The first kappa shape index (κ1) is 12.7. The number of carbonyl (C=O) groups excluding carboxylic acids is 2. The zero-order valence-corrected chi connectivity index (χ0v) is 9.73. The maximum absolute atomic E-state index is 11.9. The lowest BCUT2D eigenvalue weighted by atomic mass is 10.1. The Kier molecular flexibility index (Phi) is 4.23. The van der Waals surface area contributed by atoms with Crippen LogP contribution in [0.2, 0.25) is 0 Å². The summed E-state index contributed by atoms with van der Waals surface area (Å²) in [5, 5.41) is 11.1. The van der Waals surface area contributed by atoms with Crippen molar-refractivity contribution in [1.29, 1.82) is 5.26 Å². The lowest BCUT2D eigenvalue weighted by Gasteiger charge is -2.15. The van der Waals surface area contributed by atoms with Crippen LogP contribution in [-0.2, 0) is 4.79 Å². The number of rotatable bonds is 3. The average molecular weight is 231 g/mol. The first-order valence-corrected chi connectivity index (χ1v) is 5.04. The van der Waals surface area contributed by atoms with Crippen LogP contribution in [0.1, 0.15) is 15.9 Å². The molecule has 88 valence electrons. The van der Waals surface area contributed by atoms with Crippen LogP contribution in [0.15, 0.2) is 24.3 Å². The number of likely N-dealkylation sites (N-methyl/N-ethyl adjacent to an activating group) is 2. The van der Waals surface area contributed by atoms with Gasteiger partial charge in [0.05, 0.1) is 18.2 Å². The van der Waals surface area contributed by atoms with Crippen molar-refractivity contribution < 1.29 is 9.59 Å². The highest BCUT2D eigenvalue weighted by molar-refractivity contribution is 5.96. The molecule has 5 nitrogen and oxygen atoms in total. The Bertz CT molecular complexity index is 460. The highest BCUT2D eigenvalue weighted by Gasteiger charge is 2.13. The van der Waals surface area contributed by atoms with Gasteiger partial charge in [-0.2, -0.15) is 5.26 Å². The molecule has 0 saturated carbocycles. The second-order valence-electron chi connectivity index (χ2n) is 3.52. The van der Waals surface area contributed by atoms with Crippen molar-refractivity contribution in [3.8, 4) is 6.07 Å². The highest BCUT2D eigenvalue weighted by atomic mass is 16.2. The molecule has 0 aromatic heterocycles. The van der Waals surface area contributed by atoms with Crippen molar-refractivity contribution >= 4 is 11.8 Å². The van der Waals surface area contributed by atoms with Gasteiger partial charge >= 0.3 is 0 Å². The SMILES string of the molecule is CNC(=O)CN(C)C(=O)c1ccc(C#N)cc1. The number of carbonyl (C=O) groups is 2. The first-order chi connectivity index (χ1) is 8.08. The minimum atomic E-state index is -0.252. The maximum Gasteiger partial charge on any atom is 0.254 e. The van der Waals surface area contributed by atoms with Crippen LogP contribution in [0, 0.1) is 11.3 Å². The Hall–Kier alpha value is -2.35. The second-order valence-corrected chi connectivity index (χ2v) is 3.52. The van der Waals surface area contributed by atoms with E-state index in [1.807, 2.05) is 6.07 Å². The van der Waals surface area contributed by atoms with Crippen molar-refractivity contribution in [1.82, 2.24) is 10.2 Å². The monoisotopic (exact) mass is 231 g/mol. The molecule has 1 N–H and O–H groups in total. The van der Waals surface area contributed by atoms with Gasteiger partial charge in [-0.25, -0.2) is 0 Å². The summed E-state index contributed by atoms with van der Waals surface area (Å²) in [4.78, 5) is 24.3. The summed E-state index contributed by atoms with van der Waals surface area (Å²) in [6, 6.07) is 8.26.